The Labute approximate surface area is 79.5 Å². The molecule has 2 aliphatic rings. The Bertz CT molecular complexity index is 195. The van der Waals surface area contributed by atoms with E-state index in [1.165, 1.54) is 25.7 Å². The van der Waals surface area contributed by atoms with Gasteiger partial charge >= 0.3 is 0 Å². The van der Waals surface area contributed by atoms with Gasteiger partial charge in [0.05, 0.1) is 6.04 Å². The molecule has 1 atom stereocenters. The SMILES string of the molecule is CN(C(=O)[C@H]1CCN1)C1CCCC1. The van der Waals surface area contributed by atoms with Crippen LogP contribution in [0.1, 0.15) is 32.1 Å². The van der Waals surface area contributed by atoms with E-state index in [2.05, 4.69) is 5.32 Å². The van der Waals surface area contributed by atoms with E-state index in [1.807, 2.05) is 11.9 Å². The number of nitrogens with one attached hydrogen (secondary N) is 1. The van der Waals surface area contributed by atoms with Crippen LogP contribution in [-0.2, 0) is 4.79 Å². The summed E-state index contributed by atoms with van der Waals surface area (Å²) >= 11 is 0. The van der Waals surface area contributed by atoms with Gasteiger partial charge in [-0.2, -0.15) is 0 Å². The van der Waals surface area contributed by atoms with Crippen LogP contribution < -0.4 is 5.32 Å². The molecule has 0 aromatic heterocycles. The number of amides is 1. The maximum atomic E-state index is 11.8. The summed E-state index contributed by atoms with van der Waals surface area (Å²) in [6, 6.07) is 0.653. The fourth-order valence-corrected chi connectivity index (χ4v) is 2.22. The summed E-state index contributed by atoms with van der Waals surface area (Å²) in [6.07, 6.45) is 6.01. The molecular weight excluding hydrogens is 164 g/mol. The average molecular weight is 182 g/mol. The minimum atomic E-state index is 0.130. The van der Waals surface area contributed by atoms with Crippen LogP contribution in [0.15, 0.2) is 0 Å². The molecule has 3 heteroatoms. The van der Waals surface area contributed by atoms with Gasteiger partial charge in [0, 0.05) is 13.1 Å². The summed E-state index contributed by atoms with van der Waals surface area (Å²) in [6.45, 7) is 1.01. The summed E-state index contributed by atoms with van der Waals surface area (Å²) < 4.78 is 0. The number of rotatable bonds is 2. The summed E-state index contributed by atoms with van der Waals surface area (Å²) in [5, 5.41) is 3.16. The fourth-order valence-electron chi connectivity index (χ4n) is 2.22. The molecule has 1 aliphatic carbocycles. The molecule has 1 heterocycles. The third kappa shape index (κ3) is 1.70. The van der Waals surface area contributed by atoms with Crippen molar-refractivity contribution in [1.82, 2.24) is 10.2 Å². The molecule has 1 saturated heterocycles. The molecule has 0 radical (unpaired) electrons. The maximum absolute atomic E-state index is 11.8. The van der Waals surface area contributed by atoms with Crippen molar-refractivity contribution in [1.29, 1.82) is 0 Å². The first-order valence-corrected chi connectivity index (χ1v) is 5.29. The van der Waals surface area contributed by atoms with Gasteiger partial charge in [-0.25, -0.2) is 0 Å². The number of nitrogens with zero attached hydrogens (tertiary/aromatic N) is 1. The van der Waals surface area contributed by atoms with Crippen LogP contribution in [-0.4, -0.2) is 36.5 Å². The molecule has 13 heavy (non-hydrogen) atoms. The topological polar surface area (TPSA) is 32.3 Å². The number of hydrogen-bond acceptors (Lipinski definition) is 2. The van der Waals surface area contributed by atoms with Gasteiger partial charge in [0.2, 0.25) is 5.91 Å². The van der Waals surface area contributed by atoms with Crippen LogP contribution in [0.4, 0.5) is 0 Å². The molecule has 1 saturated carbocycles. The van der Waals surface area contributed by atoms with Crippen molar-refractivity contribution < 1.29 is 4.79 Å². The highest BCUT2D eigenvalue weighted by Crippen LogP contribution is 2.23. The molecule has 1 aliphatic heterocycles. The van der Waals surface area contributed by atoms with Crippen molar-refractivity contribution in [3.63, 3.8) is 0 Å². The first-order valence-electron chi connectivity index (χ1n) is 5.29. The lowest BCUT2D eigenvalue weighted by atomic mass is 10.1. The number of likely N-dealkylation sites (N-methyl/N-ethyl adjacent to an activating group) is 1. The molecule has 74 valence electrons. The van der Waals surface area contributed by atoms with Crippen molar-refractivity contribution in [2.45, 2.75) is 44.2 Å². The van der Waals surface area contributed by atoms with Crippen molar-refractivity contribution in [2.24, 2.45) is 0 Å². The lowest BCUT2D eigenvalue weighted by Crippen LogP contribution is -2.55. The molecule has 0 unspecified atom stereocenters. The van der Waals surface area contributed by atoms with Gasteiger partial charge in [0.15, 0.2) is 0 Å². The highest BCUT2D eigenvalue weighted by Gasteiger charge is 2.31. The molecule has 0 bridgehead atoms. The molecule has 1 amide bonds. The molecule has 2 rings (SSSR count). The third-order valence-electron chi connectivity index (χ3n) is 3.34. The Morgan fingerprint density at radius 1 is 1.31 bits per heavy atom. The second-order valence-corrected chi connectivity index (χ2v) is 4.18. The molecular formula is C10H18N2O. The van der Waals surface area contributed by atoms with Gasteiger partial charge in [-0.3, -0.25) is 4.79 Å². The maximum Gasteiger partial charge on any atom is 0.239 e. The highest BCUT2D eigenvalue weighted by atomic mass is 16.2. The lowest BCUT2D eigenvalue weighted by molar-refractivity contribution is -0.135. The third-order valence-corrected chi connectivity index (χ3v) is 3.34. The number of carbonyl (C=O) groups excluding carboxylic acids is 1. The second kappa shape index (κ2) is 3.66. The van der Waals surface area contributed by atoms with E-state index in [1.54, 1.807) is 0 Å². The van der Waals surface area contributed by atoms with Crippen LogP contribution in [0.25, 0.3) is 0 Å². The predicted octanol–water partition coefficient (Wildman–Crippen LogP) is 0.749. The van der Waals surface area contributed by atoms with E-state index in [9.17, 15) is 4.79 Å². The van der Waals surface area contributed by atoms with Crippen LogP contribution in [0.3, 0.4) is 0 Å². The zero-order chi connectivity index (χ0) is 9.26. The van der Waals surface area contributed by atoms with E-state index in [4.69, 9.17) is 0 Å². The summed E-state index contributed by atoms with van der Waals surface area (Å²) in [5.74, 6) is 0.304. The molecule has 0 aromatic carbocycles. The zero-order valence-electron chi connectivity index (χ0n) is 8.25. The molecule has 1 N–H and O–H groups in total. The van der Waals surface area contributed by atoms with E-state index < -0.39 is 0 Å². The first-order chi connectivity index (χ1) is 6.29. The van der Waals surface area contributed by atoms with Crippen molar-refractivity contribution in [3.8, 4) is 0 Å². The van der Waals surface area contributed by atoms with Gasteiger partial charge in [0.1, 0.15) is 0 Å². The normalized spacial score (nSPS) is 28.5. The zero-order valence-corrected chi connectivity index (χ0v) is 8.25. The van der Waals surface area contributed by atoms with Crippen molar-refractivity contribution in [3.05, 3.63) is 0 Å². The molecule has 0 spiro atoms. The highest BCUT2D eigenvalue weighted by molar-refractivity contribution is 5.82. The Kier molecular flexibility index (Phi) is 2.54. The van der Waals surface area contributed by atoms with E-state index in [0.717, 1.165) is 13.0 Å². The summed E-state index contributed by atoms with van der Waals surface area (Å²) in [4.78, 5) is 13.7. The summed E-state index contributed by atoms with van der Waals surface area (Å²) in [7, 11) is 1.96. The fraction of sp³-hybridized carbons (Fsp3) is 0.900. The van der Waals surface area contributed by atoms with E-state index in [0.29, 0.717) is 11.9 Å². The van der Waals surface area contributed by atoms with Gasteiger partial charge in [-0.05, 0) is 25.8 Å². The van der Waals surface area contributed by atoms with Gasteiger partial charge in [-0.1, -0.05) is 12.8 Å². The standard InChI is InChI=1S/C10H18N2O/c1-12(8-4-2-3-5-8)10(13)9-6-7-11-9/h8-9,11H,2-7H2,1H3/t9-/m1/s1. The molecule has 3 nitrogen and oxygen atoms in total. The first kappa shape index (κ1) is 9.00. The summed E-state index contributed by atoms with van der Waals surface area (Å²) in [5.41, 5.74) is 0. The predicted molar refractivity (Wildman–Crippen MR) is 51.4 cm³/mol. The second-order valence-electron chi connectivity index (χ2n) is 4.18. The number of carbonyl (C=O) groups is 1. The Balaban J connectivity index is 1.87. The smallest absolute Gasteiger partial charge is 0.239 e. The van der Waals surface area contributed by atoms with Gasteiger partial charge < -0.3 is 10.2 Å². The van der Waals surface area contributed by atoms with Crippen LogP contribution >= 0.6 is 0 Å². The van der Waals surface area contributed by atoms with E-state index in [-0.39, 0.29) is 6.04 Å². The number of hydrogen-bond donors (Lipinski definition) is 1. The Morgan fingerprint density at radius 3 is 2.38 bits per heavy atom. The Morgan fingerprint density at radius 2 is 1.92 bits per heavy atom. The quantitative estimate of drug-likeness (QED) is 0.683. The molecule has 0 aromatic rings. The van der Waals surface area contributed by atoms with Gasteiger partial charge in [0.25, 0.3) is 0 Å². The van der Waals surface area contributed by atoms with Crippen LogP contribution in [0.2, 0.25) is 0 Å². The van der Waals surface area contributed by atoms with E-state index >= 15 is 0 Å². The lowest BCUT2D eigenvalue weighted by Gasteiger charge is -2.33. The largest absolute Gasteiger partial charge is 0.341 e. The monoisotopic (exact) mass is 182 g/mol. The van der Waals surface area contributed by atoms with Crippen LogP contribution in [0.5, 0.6) is 0 Å². The minimum Gasteiger partial charge on any atom is -0.341 e. The average Bonchev–Trinajstić information content (AvgIpc) is 2.51. The Hall–Kier alpha value is -0.570. The van der Waals surface area contributed by atoms with Gasteiger partial charge in [-0.15, -0.1) is 0 Å². The van der Waals surface area contributed by atoms with Crippen molar-refractivity contribution >= 4 is 5.91 Å². The minimum absolute atomic E-state index is 0.130. The van der Waals surface area contributed by atoms with Crippen LogP contribution in [0, 0.1) is 0 Å². The van der Waals surface area contributed by atoms with Crippen molar-refractivity contribution in [2.75, 3.05) is 13.6 Å². The molecule has 2 fully saturated rings.